The molecule has 66 heteroatoms. The molecule has 8 heterocycles. The van der Waals surface area contributed by atoms with E-state index in [4.69, 9.17) is 69.7 Å². The number of alkyl halides is 3. The van der Waals surface area contributed by atoms with E-state index in [1.807, 2.05) is 0 Å². The Labute approximate surface area is 530 Å². The smallest absolute Gasteiger partial charge is 0.397 e. The average Bonchev–Trinajstić information content (AvgIpc) is 1.62. The van der Waals surface area contributed by atoms with E-state index in [2.05, 4.69) is 80.3 Å². The molecule has 8 rings (SSSR count). The number of nitrogen functional groups attached to an aromatic ring is 2. The summed E-state index contributed by atoms with van der Waals surface area (Å²) in [6, 6.07) is 1.42. The first-order valence-corrected chi connectivity index (χ1v) is 38.0. The number of hydrogen-bond donors (Lipinski definition) is 22. The van der Waals surface area contributed by atoms with Crippen LogP contribution in [0.15, 0.2) is 50.0 Å². The lowest BCUT2D eigenvalue weighted by Gasteiger charge is -2.24. The first kappa shape index (κ1) is 81.4. The Kier molecular flexibility index (Phi) is 24.6. The number of H-pyrrole nitrogens is 2. The SMILES string of the molecule is Nc1ccnc2c1ncn2C1O[C@](F)(COP(=O)(O)OP(=O)(O)OP(=O)(O)O)[C@@H](O)[C@H]1O.Nc1nc2c(ncn2C2O[C@](F)(COP(=O)(O)OP(=O)(O)OP(=O)(O)O)[C@@H](O)[C@H]2O)c(=O)[nH]1.O=c1[nH]c(=O)n(C2O[C@](F)(COP(=O)(O)OP(=O)(O)OP(=O)(O)O)[C@@H](O)[C@H]2O)cc1Br. The Hall–Kier alpha value is -3.61. The topological polar surface area (TPSA) is 830 Å². The lowest BCUT2D eigenvalue weighted by Crippen LogP contribution is -2.43. The van der Waals surface area contributed by atoms with Crippen LogP contribution >= 0.6 is 86.3 Å². The molecule has 0 saturated carbocycles. The Morgan fingerprint density at radius 1 is 0.500 bits per heavy atom. The van der Waals surface area contributed by atoms with Gasteiger partial charge >= 0.3 is 76.1 Å². The fourth-order valence-corrected chi connectivity index (χ4v) is 17.0. The lowest BCUT2D eigenvalue weighted by molar-refractivity contribution is -0.205. The number of rotatable bonds is 24. The van der Waals surface area contributed by atoms with E-state index in [1.165, 1.54) is 12.3 Å². The number of phosphoric ester groups is 3. The third kappa shape index (κ3) is 20.8. The molecule has 3 aliphatic heterocycles. The van der Waals surface area contributed by atoms with Gasteiger partial charge in [-0.15, -0.1) is 0 Å². The minimum Gasteiger partial charge on any atom is -0.397 e. The summed E-state index contributed by atoms with van der Waals surface area (Å²) in [5.74, 6) is -10.7. The highest BCUT2D eigenvalue weighted by Gasteiger charge is 2.61. The third-order valence-corrected chi connectivity index (χ3v) is 23.2. The number of phosphoric acid groups is 9. The molecule has 0 amide bonds. The van der Waals surface area contributed by atoms with Crippen LogP contribution < -0.4 is 28.3 Å². The highest BCUT2D eigenvalue weighted by atomic mass is 79.9. The van der Waals surface area contributed by atoms with Crippen LogP contribution in [-0.4, -0.2) is 207 Å². The molecule has 18 atom stereocenters. The van der Waals surface area contributed by atoms with Gasteiger partial charge in [0.2, 0.25) is 5.95 Å². The molecular weight excluding hydrogens is 1600 g/mol. The molecule has 0 aliphatic carbocycles. The minimum atomic E-state index is -5.88. The van der Waals surface area contributed by atoms with Gasteiger partial charge in [-0.3, -0.25) is 46.8 Å². The second kappa shape index (κ2) is 29.0. The van der Waals surface area contributed by atoms with Crippen LogP contribution in [0.1, 0.15) is 18.7 Å². The van der Waals surface area contributed by atoms with Gasteiger partial charge in [-0.05, 0) is 22.0 Å². The number of aromatic nitrogens is 9. The van der Waals surface area contributed by atoms with Gasteiger partial charge in [0, 0.05) is 12.4 Å². The molecule has 96 heavy (non-hydrogen) atoms. The summed E-state index contributed by atoms with van der Waals surface area (Å²) < 4.78 is 196. The van der Waals surface area contributed by atoms with Gasteiger partial charge < -0.3 is 115 Å². The quantitative estimate of drug-likeness (QED) is 0.0260. The van der Waals surface area contributed by atoms with Gasteiger partial charge in [-0.2, -0.15) is 30.8 Å². The van der Waals surface area contributed by atoms with Gasteiger partial charge in [-0.1, -0.05) is 0 Å². The van der Waals surface area contributed by atoms with E-state index < -0.39 is 180 Å². The second-order valence-corrected chi connectivity index (χ2v) is 32.5. The van der Waals surface area contributed by atoms with E-state index in [0.717, 1.165) is 28.0 Å². The molecule has 3 saturated heterocycles. The van der Waals surface area contributed by atoms with Crippen molar-refractivity contribution in [3.63, 3.8) is 0 Å². The van der Waals surface area contributed by atoms with Gasteiger partial charge in [-0.25, -0.2) is 74.0 Å². The van der Waals surface area contributed by atoms with E-state index in [-0.39, 0.29) is 38.4 Å². The van der Waals surface area contributed by atoms with Crippen molar-refractivity contribution in [2.75, 3.05) is 31.3 Å². The fourth-order valence-electron chi connectivity index (χ4n) is 7.61. The van der Waals surface area contributed by atoms with E-state index in [1.54, 1.807) is 4.98 Å². The van der Waals surface area contributed by atoms with Crippen molar-refractivity contribution in [2.45, 2.75) is 72.9 Å². The van der Waals surface area contributed by atoms with Gasteiger partial charge in [0.15, 0.2) is 35.5 Å². The van der Waals surface area contributed by atoms with E-state index in [9.17, 15) is 105 Å². The molecule has 0 spiro atoms. The number of nitrogens with one attached hydrogen (secondary N) is 2. The minimum absolute atomic E-state index is 0.0402. The number of halogens is 4. The fraction of sp³-hybridized carbons (Fsp3) is 0.500. The van der Waals surface area contributed by atoms with Gasteiger partial charge in [0.1, 0.15) is 62.0 Å². The van der Waals surface area contributed by atoms with Crippen LogP contribution in [0.4, 0.5) is 24.8 Å². The summed E-state index contributed by atoms with van der Waals surface area (Å²) in [7, 11) is -51.8. The molecule has 0 radical (unpaired) electrons. The number of fused-ring (bicyclic) bond motifs is 2. The first-order valence-electron chi connectivity index (χ1n) is 23.7. The first-order chi connectivity index (χ1) is 43.3. The van der Waals surface area contributed by atoms with Crippen molar-refractivity contribution >= 4 is 120 Å². The van der Waals surface area contributed by atoms with Crippen LogP contribution in [-0.2, 0) is 94.7 Å². The number of ether oxygens (including phenoxy) is 3. The van der Waals surface area contributed by atoms with Crippen LogP contribution in [0, 0.1) is 0 Å². The van der Waals surface area contributed by atoms with Gasteiger partial charge in [0.05, 0.1) is 22.8 Å². The van der Waals surface area contributed by atoms with E-state index >= 15 is 8.78 Å². The number of imidazole rings is 2. The van der Waals surface area contributed by atoms with Gasteiger partial charge in [0.25, 0.3) is 28.7 Å². The maximum atomic E-state index is 15.1. The predicted octanol–water partition coefficient (Wildman–Crippen LogP) is -4.21. The molecule has 0 bridgehead atoms. The largest absolute Gasteiger partial charge is 0.490 e. The number of aliphatic hydroxyl groups excluding tert-OH is 6. The highest BCUT2D eigenvalue weighted by Crippen LogP contribution is 2.69. The number of pyridine rings is 1. The number of aromatic amines is 2. The molecule has 53 nitrogen and oxygen atoms in total. The second-order valence-electron chi connectivity index (χ2n) is 18.4. The summed E-state index contributed by atoms with van der Waals surface area (Å²) >= 11 is 2.77. The molecule has 24 N–H and O–H groups in total. The summed E-state index contributed by atoms with van der Waals surface area (Å²) in [5.41, 5.74) is 8.11. The normalized spacial score (nSPS) is 30.2. The average molecular weight is 1650 g/mol. The Morgan fingerprint density at radius 3 is 1.21 bits per heavy atom. The Morgan fingerprint density at radius 2 is 0.844 bits per heavy atom. The van der Waals surface area contributed by atoms with Crippen molar-refractivity contribution in [1.82, 2.24) is 43.6 Å². The zero-order chi connectivity index (χ0) is 73.1. The monoisotopic (exact) mass is 1640 g/mol. The van der Waals surface area contributed by atoms with Crippen LogP contribution in [0.3, 0.4) is 0 Å². The van der Waals surface area contributed by atoms with Crippen LogP contribution in [0.25, 0.3) is 22.3 Å². The highest BCUT2D eigenvalue weighted by molar-refractivity contribution is 9.10. The Balaban J connectivity index is 0.000000228. The predicted molar refractivity (Wildman–Crippen MR) is 291 cm³/mol. The van der Waals surface area contributed by atoms with Crippen molar-refractivity contribution in [1.29, 1.82) is 0 Å². The summed E-state index contributed by atoms with van der Waals surface area (Å²) in [6.45, 7) is -5.12. The zero-order valence-electron chi connectivity index (χ0n) is 45.4. The maximum Gasteiger partial charge on any atom is 0.490 e. The molecule has 5 aromatic heterocycles. The standard InChI is InChI=1S/C11H16FN4O13P3.C10H15FN5O14P3.C9H13BrFN2O15P3/c12-11(3-26-31(22,23)29-32(24,25)28-30(19,20)21)8(18)7(17)10(27-11)16-4-15-6-5(13)1-2-14-9(6)16;11-10(1-27-32(23,24)30-33(25,26)29-31(20,21)22)5(18)4(17)8(28-10)16-2-13-3-6(16)14-9(12)15-7(3)19;10-3-1-13(8(17)12-6(3)16)7-4(14)5(15)9(11,26-7)2-25-30(21,22)28-31(23,24)27-29(18,19)20/h1-2,4,7-8,10,17-18H,3H2,(H2,13,14)(H,22,23)(H,24,25)(H2,19,20,21);2,4-5,8,17-18H,1H2,(H,23,24)(H,25,26)(H2,20,21,22)(H3,12,14,15,19);1,4-5,7,14-15H,2H2,(H,21,22)(H,23,24)(H,12,16,17)(H2,18,19,20)/t7-,8+,10?,11-;4-,5+,8?,10-;4-,5+,7?,9-/m111/s1. The molecular formula is C30H44BrF3N11O42P9. The summed E-state index contributed by atoms with van der Waals surface area (Å²) in [5, 5.41) is 60.3. The van der Waals surface area contributed by atoms with Crippen LogP contribution in [0.2, 0.25) is 0 Å². The lowest BCUT2D eigenvalue weighted by atomic mass is 10.1. The summed E-state index contributed by atoms with van der Waals surface area (Å²) in [6.07, 6.45) is -15.1. The van der Waals surface area contributed by atoms with Crippen molar-refractivity contribution < 1.29 is 197 Å². The number of hydrogen-bond acceptors (Lipinski definition) is 36. The molecule has 544 valence electrons. The van der Waals surface area contributed by atoms with Crippen LogP contribution in [0.5, 0.6) is 0 Å². The molecule has 0 aromatic carbocycles. The number of anilines is 2. The number of aliphatic hydroxyl groups is 6. The van der Waals surface area contributed by atoms with Crippen molar-refractivity contribution in [2.24, 2.45) is 0 Å². The number of nitrogens with two attached hydrogens (primary N) is 2. The Bertz CT molecular complexity index is 4380. The maximum absolute atomic E-state index is 15.1. The molecule has 9 unspecified atom stereocenters. The van der Waals surface area contributed by atoms with Crippen molar-refractivity contribution in [3.8, 4) is 0 Å². The van der Waals surface area contributed by atoms with E-state index in [0.29, 0.717) is 4.57 Å². The molecule has 5 aromatic rings. The number of nitrogens with zero attached hydrogens (tertiary/aromatic N) is 7. The molecule has 3 aliphatic rings. The zero-order valence-corrected chi connectivity index (χ0v) is 55.0. The third-order valence-electron chi connectivity index (χ3n) is 11.3. The summed E-state index contributed by atoms with van der Waals surface area (Å²) in [4.78, 5) is 160. The van der Waals surface area contributed by atoms with Crippen molar-refractivity contribution in [3.05, 3.63) is 66.8 Å². The molecule has 3 fully saturated rings.